The minimum atomic E-state index is -2.90. The highest BCUT2D eigenvalue weighted by Crippen LogP contribution is 2.44. The van der Waals surface area contributed by atoms with E-state index >= 15 is 0 Å². The van der Waals surface area contributed by atoms with Gasteiger partial charge < -0.3 is 0 Å². The monoisotopic (exact) mass is 605 g/mol. The molecule has 8 aromatic carbocycles. The highest BCUT2D eigenvalue weighted by molar-refractivity contribution is 6.21. The van der Waals surface area contributed by atoms with Crippen molar-refractivity contribution < 1.29 is 6.85 Å². The molecule has 47 heavy (non-hydrogen) atoms. The normalized spacial score (nSPS) is 13.7. The predicted molar refractivity (Wildman–Crippen MR) is 199 cm³/mol. The van der Waals surface area contributed by atoms with E-state index in [-0.39, 0.29) is 5.82 Å². The predicted octanol–water partition coefficient (Wildman–Crippen LogP) is 12.0. The van der Waals surface area contributed by atoms with Gasteiger partial charge >= 0.3 is 0 Å². The molecule has 0 amide bonds. The van der Waals surface area contributed by atoms with Crippen molar-refractivity contribution in [3.05, 3.63) is 170 Å². The van der Waals surface area contributed by atoms with Crippen LogP contribution in [0.5, 0.6) is 0 Å². The first-order valence-electron chi connectivity index (χ1n) is 18.3. The second-order valence-electron chi connectivity index (χ2n) is 11.9. The summed E-state index contributed by atoms with van der Waals surface area (Å²) >= 11 is 0. The summed E-state index contributed by atoms with van der Waals surface area (Å²) in [6.07, 6.45) is -2.66. The zero-order valence-electron chi connectivity index (χ0n) is 30.5. The van der Waals surface area contributed by atoms with Gasteiger partial charge in [-0.05, 0) is 102 Å². The van der Waals surface area contributed by atoms with E-state index < -0.39 is 13.2 Å². The summed E-state index contributed by atoms with van der Waals surface area (Å²) in [5.41, 5.74) is 8.81. The molecule has 0 unspecified atom stereocenters. The summed E-state index contributed by atoms with van der Waals surface area (Å²) in [5.74, 6) is -0.142. The average Bonchev–Trinajstić information content (AvgIpc) is 3.57. The minimum Gasteiger partial charge on any atom is -0.296 e. The van der Waals surface area contributed by atoms with Gasteiger partial charge in [0.25, 0.3) is 0 Å². The standard InChI is InChI=1S/C45H32N2/c1-2-43-46-41-21-10-11-22-42(41)47(43)36-26-25-32-28-35(24-23-33(32)29-36)45-39-19-8-6-17-37(39)44(38-18-7-9-20-40(38)45)34-16-12-15-31(27-34)30-13-4-3-5-14-30/h3-29H,2H2,1H3/i1D3,2D2. The molecule has 222 valence electrons. The Labute approximate surface area is 281 Å². The third-order valence-corrected chi connectivity index (χ3v) is 9.23. The fraction of sp³-hybridized carbons (Fsp3) is 0.0444. The molecule has 0 aliphatic rings. The summed E-state index contributed by atoms with van der Waals surface area (Å²) in [4.78, 5) is 4.50. The summed E-state index contributed by atoms with van der Waals surface area (Å²) in [6, 6.07) is 56.2. The molecule has 0 spiro atoms. The maximum atomic E-state index is 8.60. The molecule has 0 aliphatic carbocycles. The molecule has 0 N–H and O–H groups in total. The van der Waals surface area contributed by atoms with Crippen LogP contribution in [-0.2, 0) is 6.37 Å². The van der Waals surface area contributed by atoms with Crippen molar-refractivity contribution in [1.29, 1.82) is 0 Å². The zero-order valence-corrected chi connectivity index (χ0v) is 25.5. The van der Waals surface area contributed by atoms with Gasteiger partial charge in [0.2, 0.25) is 0 Å². The number of nitrogens with zero attached hydrogens (tertiary/aromatic N) is 2. The van der Waals surface area contributed by atoms with Gasteiger partial charge in [-0.25, -0.2) is 4.98 Å². The molecule has 2 nitrogen and oxygen atoms in total. The van der Waals surface area contributed by atoms with Crippen LogP contribution in [0, 0.1) is 0 Å². The number of aromatic nitrogens is 2. The fourth-order valence-electron chi connectivity index (χ4n) is 7.13. The third-order valence-electron chi connectivity index (χ3n) is 9.23. The number of hydrogen-bond acceptors (Lipinski definition) is 1. The molecule has 0 saturated carbocycles. The second kappa shape index (κ2) is 11.1. The number of imidazole rings is 1. The molecule has 0 atom stereocenters. The quantitative estimate of drug-likeness (QED) is 0.178. The first kappa shape index (κ1) is 22.5. The summed E-state index contributed by atoms with van der Waals surface area (Å²) < 4.78 is 42.7. The third kappa shape index (κ3) is 4.53. The molecule has 0 saturated heterocycles. The zero-order chi connectivity index (χ0) is 35.6. The number of fused-ring (bicyclic) bond motifs is 4. The molecule has 0 bridgehead atoms. The first-order chi connectivity index (χ1) is 25.2. The lowest BCUT2D eigenvalue weighted by Crippen LogP contribution is -2.00. The van der Waals surface area contributed by atoms with Gasteiger partial charge in [-0.1, -0.05) is 134 Å². The van der Waals surface area contributed by atoms with Crippen LogP contribution in [0.1, 0.15) is 19.5 Å². The summed E-state index contributed by atoms with van der Waals surface area (Å²) in [5, 5.41) is 6.65. The smallest absolute Gasteiger partial charge is 0.114 e. The molecule has 9 aromatic rings. The minimum absolute atomic E-state index is 0.142. The summed E-state index contributed by atoms with van der Waals surface area (Å²) in [7, 11) is 0. The van der Waals surface area contributed by atoms with Crippen molar-refractivity contribution in [2.75, 3.05) is 0 Å². The van der Waals surface area contributed by atoms with E-state index in [9.17, 15) is 0 Å². The van der Waals surface area contributed by atoms with E-state index in [2.05, 4.69) is 120 Å². The van der Waals surface area contributed by atoms with Crippen LogP contribution in [0.25, 0.3) is 82.4 Å². The van der Waals surface area contributed by atoms with Crippen molar-refractivity contribution in [2.45, 2.75) is 13.2 Å². The van der Waals surface area contributed by atoms with Gasteiger partial charge in [-0.15, -0.1) is 0 Å². The lowest BCUT2D eigenvalue weighted by Gasteiger charge is -2.18. The van der Waals surface area contributed by atoms with E-state index in [1.54, 1.807) is 10.6 Å². The van der Waals surface area contributed by atoms with Gasteiger partial charge in [-0.3, -0.25) is 4.57 Å². The van der Waals surface area contributed by atoms with Crippen LogP contribution >= 0.6 is 0 Å². The van der Waals surface area contributed by atoms with Crippen LogP contribution in [0.4, 0.5) is 0 Å². The van der Waals surface area contributed by atoms with E-state index in [0.717, 1.165) is 21.9 Å². The van der Waals surface area contributed by atoms with Gasteiger partial charge in [0, 0.05) is 18.9 Å². The number of aryl methyl sites for hydroxylation is 1. The van der Waals surface area contributed by atoms with E-state index in [4.69, 9.17) is 6.85 Å². The van der Waals surface area contributed by atoms with Crippen LogP contribution in [0.3, 0.4) is 0 Å². The molecule has 1 heterocycles. The number of para-hydroxylation sites is 2. The maximum Gasteiger partial charge on any atom is 0.114 e. The van der Waals surface area contributed by atoms with E-state index in [0.29, 0.717) is 16.7 Å². The molecular formula is C45H32N2. The largest absolute Gasteiger partial charge is 0.296 e. The van der Waals surface area contributed by atoms with Crippen molar-refractivity contribution in [1.82, 2.24) is 9.55 Å². The van der Waals surface area contributed by atoms with Crippen molar-refractivity contribution in [3.8, 4) is 39.1 Å². The Morgan fingerprint density at radius 1 is 0.511 bits per heavy atom. The van der Waals surface area contributed by atoms with Crippen LogP contribution in [-0.4, -0.2) is 9.55 Å². The van der Waals surface area contributed by atoms with E-state index in [1.165, 1.54) is 43.8 Å². The first-order valence-corrected chi connectivity index (χ1v) is 15.8. The Kier molecular flexibility index (Phi) is 5.32. The van der Waals surface area contributed by atoms with Crippen LogP contribution in [0.15, 0.2) is 164 Å². The van der Waals surface area contributed by atoms with Gasteiger partial charge in [0.05, 0.1) is 11.0 Å². The SMILES string of the molecule is [2H]C([2H])([2H])C([2H])([2H])c1nc2ccccc2n1-c1ccc2cc(-c3c4ccccc4c(-c4cccc(-c5ccccc5)c4)c4ccccc34)ccc2c1. The van der Waals surface area contributed by atoms with Crippen LogP contribution < -0.4 is 0 Å². The highest BCUT2D eigenvalue weighted by atomic mass is 15.1. The molecule has 0 aliphatic heterocycles. The van der Waals surface area contributed by atoms with Crippen molar-refractivity contribution in [3.63, 3.8) is 0 Å². The molecule has 0 radical (unpaired) electrons. The number of benzene rings is 8. The highest BCUT2D eigenvalue weighted by Gasteiger charge is 2.18. The lowest BCUT2D eigenvalue weighted by atomic mass is 9.85. The van der Waals surface area contributed by atoms with Crippen molar-refractivity contribution in [2.24, 2.45) is 0 Å². The number of hydrogen-bond donors (Lipinski definition) is 0. The fourth-order valence-corrected chi connectivity index (χ4v) is 7.13. The van der Waals surface area contributed by atoms with Gasteiger partial charge in [0.15, 0.2) is 0 Å². The average molecular weight is 606 g/mol. The molecule has 1 aromatic heterocycles. The Bertz CT molecular complexity index is 2760. The number of rotatable bonds is 5. The topological polar surface area (TPSA) is 17.8 Å². The molecule has 0 fully saturated rings. The van der Waals surface area contributed by atoms with Crippen LogP contribution in [0.2, 0.25) is 0 Å². The lowest BCUT2D eigenvalue weighted by molar-refractivity contribution is 0.909. The van der Waals surface area contributed by atoms with Gasteiger partial charge in [-0.2, -0.15) is 0 Å². The Morgan fingerprint density at radius 2 is 1.09 bits per heavy atom. The van der Waals surface area contributed by atoms with E-state index in [1.807, 2.05) is 42.5 Å². The molecular weight excluding hydrogens is 569 g/mol. The second-order valence-corrected chi connectivity index (χ2v) is 11.9. The molecule has 9 rings (SSSR count). The Balaban J connectivity index is 1.22. The van der Waals surface area contributed by atoms with Gasteiger partial charge in [0.1, 0.15) is 5.82 Å². The summed E-state index contributed by atoms with van der Waals surface area (Å²) in [6.45, 7) is -2.90. The maximum absolute atomic E-state index is 8.60. The Hall–Kier alpha value is -5.99. The Morgan fingerprint density at radius 3 is 1.81 bits per heavy atom. The molecule has 2 heteroatoms. The van der Waals surface area contributed by atoms with Crippen molar-refractivity contribution >= 4 is 43.4 Å².